The Balaban J connectivity index is 0.00000289. The van der Waals surface area contributed by atoms with Gasteiger partial charge < -0.3 is 15.4 Å². The molecule has 1 saturated heterocycles. The van der Waals surface area contributed by atoms with Crippen LogP contribution in [0.4, 0.5) is 0 Å². The van der Waals surface area contributed by atoms with E-state index in [1.165, 1.54) is 0 Å². The molecule has 0 aromatic carbocycles. The standard InChI is InChI=1S/C12H24N2O2S.ClH/c1-12(2,3)17-7-5-14-11(15)8-10-9-16-6-4-13-10;/h10,13H,4-9H2,1-3H3,(H,14,15);1H. The van der Waals surface area contributed by atoms with Gasteiger partial charge >= 0.3 is 0 Å². The van der Waals surface area contributed by atoms with E-state index in [-0.39, 0.29) is 29.1 Å². The zero-order valence-corrected chi connectivity index (χ0v) is 13.1. The number of carbonyl (C=O) groups excluding carboxylic acids is 1. The molecule has 1 fully saturated rings. The van der Waals surface area contributed by atoms with Gasteiger partial charge in [-0.2, -0.15) is 11.8 Å². The number of nitrogens with one attached hydrogen (secondary N) is 2. The Morgan fingerprint density at radius 2 is 2.22 bits per heavy atom. The molecule has 0 aliphatic carbocycles. The maximum Gasteiger partial charge on any atom is 0.221 e. The largest absolute Gasteiger partial charge is 0.378 e. The molecule has 0 spiro atoms. The van der Waals surface area contributed by atoms with Gasteiger partial charge in [-0.3, -0.25) is 4.79 Å². The van der Waals surface area contributed by atoms with Crippen LogP contribution in [0.25, 0.3) is 0 Å². The number of carbonyl (C=O) groups is 1. The molecule has 6 heteroatoms. The Morgan fingerprint density at radius 1 is 1.50 bits per heavy atom. The summed E-state index contributed by atoms with van der Waals surface area (Å²) in [6, 6.07) is 0.180. The molecule has 0 aromatic rings. The van der Waals surface area contributed by atoms with E-state index >= 15 is 0 Å². The quantitative estimate of drug-likeness (QED) is 0.754. The Bertz CT molecular complexity index is 241. The van der Waals surface area contributed by atoms with Gasteiger partial charge in [0.05, 0.1) is 13.2 Å². The van der Waals surface area contributed by atoms with Crippen LogP contribution in [-0.2, 0) is 9.53 Å². The van der Waals surface area contributed by atoms with Gasteiger partial charge in [0, 0.05) is 36.1 Å². The summed E-state index contributed by atoms with van der Waals surface area (Å²) in [6.07, 6.45) is 0.514. The van der Waals surface area contributed by atoms with Gasteiger partial charge in [0.2, 0.25) is 5.91 Å². The van der Waals surface area contributed by atoms with Gasteiger partial charge in [-0.15, -0.1) is 12.4 Å². The number of thioether (sulfide) groups is 1. The lowest BCUT2D eigenvalue weighted by molar-refractivity contribution is -0.122. The summed E-state index contributed by atoms with van der Waals surface area (Å²) in [6.45, 7) is 9.53. The van der Waals surface area contributed by atoms with E-state index in [4.69, 9.17) is 4.74 Å². The van der Waals surface area contributed by atoms with E-state index in [9.17, 15) is 4.79 Å². The SMILES string of the molecule is CC(C)(C)SCCNC(=O)CC1COCCN1.Cl. The molecule has 18 heavy (non-hydrogen) atoms. The number of ether oxygens (including phenoxy) is 1. The van der Waals surface area contributed by atoms with Crippen LogP contribution in [0.3, 0.4) is 0 Å². The highest BCUT2D eigenvalue weighted by Gasteiger charge is 2.16. The van der Waals surface area contributed by atoms with E-state index in [0.717, 1.165) is 25.4 Å². The maximum absolute atomic E-state index is 11.6. The average Bonchev–Trinajstić information content (AvgIpc) is 2.25. The molecule has 108 valence electrons. The highest BCUT2D eigenvalue weighted by Crippen LogP contribution is 2.21. The van der Waals surface area contributed by atoms with E-state index in [0.29, 0.717) is 13.0 Å². The highest BCUT2D eigenvalue weighted by molar-refractivity contribution is 8.00. The van der Waals surface area contributed by atoms with Crippen LogP contribution in [0.2, 0.25) is 0 Å². The third-order valence-electron chi connectivity index (χ3n) is 2.39. The van der Waals surface area contributed by atoms with E-state index in [2.05, 4.69) is 31.4 Å². The molecule has 1 rings (SSSR count). The lowest BCUT2D eigenvalue weighted by Gasteiger charge is -2.23. The summed E-state index contributed by atoms with van der Waals surface area (Å²) < 4.78 is 5.57. The Morgan fingerprint density at radius 3 is 2.78 bits per heavy atom. The first-order valence-electron chi connectivity index (χ1n) is 6.19. The minimum atomic E-state index is 0. The van der Waals surface area contributed by atoms with Gasteiger partial charge in [-0.05, 0) is 0 Å². The van der Waals surface area contributed by atoms with Crippen molar-refractivity contribution >= 4 is 30.1 Å². The second-order valence-corrected chi connectivity index (χ2v) is 7.16. The first-order valence-corrected chi connectivity index (χ1v) is 7.18. The normalized spacial score (nSPS) is 20.1. The minimum absolute atomic E-state index is 0. The summed E-state index contributed by atoms with van der Waals surface area (Å²) in [7, 11) is 0. The Hall–Kier alpha value is 0.0300. The number of amides is 1. The van der Waals surface area contributed by atoms with Crippen molar-refractivity contribution in [3.63, 3.8) is 0 Å². The first kappa shape index (κ1) is 18.0. The topological polar surface area (TPSA) is 50.4 Å². The summed E-state index contributed by atoms with van der Waals surface area (Å²) in [5, 5.41) is 6.22. The molecule has 4 nitrogen and oxygen atoms in total. The summed E-state index contributed by atoms with van der Waals surface area (Å²) in [5.41, 5.74) is 0. The molecule has 0 aromatic heterocycles. The van der Waals surface area contributed by atoms with Gasteiger partial charge in [0.1, 0.15) is 0 Å². The lowest BCUT2D eigenvalue weighted by Crippen LogP contribution is -2.44. The molecule has 0 saturated carbocycles. The zero-order valence-electron chi connectivity index (χ0n) is 11.5. The summed E-state index contributed by atoms with van der Waals surface area (Å²) >= 11 is 1.87. The van der Waals surface area contributed by atoms with Gasteiger partial charge in [-0.1, -0.05) is 20.8 Å². The number of morpholine rings is 1. The zero-order chi connectivity index (χ0) is 12.7. The minimum Gasteiger partial charge on any atom is -0.378 e. The predicted molar refractivity (Wildman–Crippen MR) is 79.7 cm³/mol. The van der Waals surface area contributed by atoms with Crippen molar-refractivity contribution in [1.82, 2.24) is 10.6 Å². The third kappa shape index (κ3) is 9.03. The van der Waals surface area contributed by atoms with Crippen LogP contribution in [-0.4, -0.2) is 48.8 Å². The van der Waals surface area contributed by atoms with Crippen molar-refractivity contribution in [2.45, 2.75) is 38.0 Å². The molecule has 2 N–H and O–H groups in total. The molecular weight excluding hydrogens is 272 g/mol. The fourth-order valence-corrected chi connectivity index (χ4v) is 2.41. The van der Waals surface area contributed by atoms with E-state index < -0.39 is 0 Å². The van der Waals surface area contributed by atoms with Gasteiger partial charge in [0.25, 0.3) is 0 Å². The van der Waals surface area contributed by atoms with Crippen LogP contribution >= 0.6 is 24.2 Å². The van der Waals surface area contributed by atoms with Crippen molar-refractivity contribution in [3.05, 3.63) is 0 Å². The molecular formula is C12H25ClN2O2S. The second kappa shape index (κ2) is 9.02. The van der Waals surface area contributed by atoms with Crippen LogP contribution in [0.5, 0.6) is 0 Å². The summed E-state index contributed by atoms with van der Waals surface area (Å²) in [4.78, 5) is 11.6. The average molecular weight is 297 g/mol. The fraction of sp³-hybridized carbons (Fsp3) is 0.917. The Kier molecular flexibility index (Phi) is 9.03. The lowest BCUT2D eigenvalue weighted by atomic mass is 10.2. The van der Waals surface area contributed by atoms with Crippen LogP contribution < -0.4 is 10.6 Å². The van der Waals surface area contributed by atoms with Crippen LogP contribution in [0, 0.1) is 0 Å². The maximum atomic E-state index is 11.6. The summed E-state index contributed by atoms with van der Waals surface area (Å²) in [5.74, 6) is 1.08. The van der Waals surface area contributed by atoms with Crippen LogP contribution in [0.15, 0.2) is 0 Å². The molecule has 1 aliphatic heterocycles. The van der Waals surface area contributed by atoms with Crippen molar-refractivity contribution < 1.29 is 9.53 Å². The van der Waals surface area contributed by atoms with Crippen molar-refractivity contribution in [2.24, 2.45) is 0 Å². The third-order valence-corrected chi connectivity index (χ3v) is 3.66. The van der Waals surface area contributed by atoms with Crippen LogP contribution in [0.1, 0.15) is 27.2 Å². The molecule has 1 heterocycles. The molecule has 1 amide bonds. The molecule has 0 bridgehead atoms. The van der Waals surface area contributed by atoms with Crippen molar-refractivity contribution in [3.8, 4) is 0 Å². The van der Waals surface area contributed by atoms with E-state index in [1.807, 2.05) is 11.8 Å². The van der Waals surface area contributed by atoms with E-state index in [1.54, 1.807) is 0 Å². The molecule has 0 radical (unpaired) electrons. The highest BCUT2D eigenvalue weighted by atomic mass is 35.5. The molecule has 1 atom stereocenters. The number of hydrogen-bond acceptors (Lipinski definition) is 4. The van der Waals surface area contributed by atoms with Crippen molar-refractivity contribution in [2.75, 3.05) is 32.1 Å². The fourth-order valence-electron chi connectivity index (χ4n) is 1.59. The first-order chi connectivity index (χ1) is 7.97. The van der Waals surface area contributed by atoms with Crippen molar-refractivity contribution in [1.29, 1.82) is 0 Å². The number of halogens is 1. The van der Waals surface area contributed by atoms with Gasteiger partial charge in [0.15, 0.2) is 0 Å². The Labute approximate surface area is 120 Å². The smallest absolute Gasteiger partial charge is 0.221 e. The monoisotopic (exact) mass is 296 g/mol. The molecule has 1 aliphatic rings. The van der Waals surface area contributed by atoms with Gasteiger partial charge in [-0.25, -0.2) is 0 Å². The number of hydrogen-bond donors (Lipinski definition) is 2. The number of rotatable bonds is 5. The molecule has 1 unspecified atom stereocenters. The predicted octanol–water partition coefficient (Wildman–Crippen LogP) is 1.43. The second-order valence-electron chi connectivity index (χ2n) is 5.24.